The van der Waals surface area contributed by atoms with E-state index in [0.717, 1.165) is 11.8 Å². The Bertz CT molecular complexity index is 333. The second-order valence-electron chi connectivity index (χ2n) is 5.79. The number of hydrogen-bond acceptors (Lipinski definition) is 0. The Balaban J connectivity index is 2.01. The lowest BCUT2D eigenvalue weighted by atomic mass is 9.95. The molecule has 0 radical (unpaired) electrons. The van der Waals surface area contributed by atoms with Crippen molar-refractivity contribution in [1.29, 1.82) is 0 Å². The highest BCUT2D eigenvalue weighted by Crippen LogP contribution is 2.41. The Morgan fingerprint density at radius 1 is 1.12 bits per heavy atom. The first-order valence-electron chi connectivity index (χ1n) is 6.89. The first-order chi connectivity index (χ1) is 8.16. The summed E-state index contributed by atoms with van der Waals surface area (Å²) in [6.45, 7) is 4.56. The Labute approximate surface area is 114 Å². The number of alkyl halides is 1. The van der Waals surface area contributed by atoms with Gasteiger partial charge in [0.05, 0.1) is 0 Å². The summed E-state index contributed by atoms with van der Waals surface area (Å²) in [7, 11) is 0. The maximum Gasteiger partial charge on any atom is 0.0423 e. The van der Waals surface area contributed by atoms with Crippen LogP contribution in [0.5, 0.6) is 0 Å². The third kappa shape index (κ3) is 3.58. The molecule has 0 heterocycles. The molecule has 0 saturated heterocycles. The summed E-state index contributed by atoms with van der Waals surface area (Å²) in [6, 6.07) is 9.24. The average molecular weight is 295 g/mol. The molecule has 0 N–H and O–H groups in total. The van der Waals surface area contributed by atoms with Crippen molar-refractivity contribution in [2.75, 3.05) is 0 Å². The lowest BCUT2D eigenvalue weighted by Gasteiger charge is -2.18. The molecular formula is C16H23Br. The number of benzene rings is 1. The van der Waals surface area contributed by atoms with Crippen LogP contribution < -0.4 is 0 Å². The van der Waals surface area contributed by atoms with Crippen LogP contribution in [0.3, 0.4) is 0 Å². The molecule has 17 heavy (non-hydrogen) atoms. The third-order valence-electron chi connectivity index (χ3n) is 3.76. The van der Waals surface area contributed by atoms with Crippen LogP contribution in [0.15, 0.2) is 24.3 Å². The van der Waals surface area contributed by atoms with Crippen molar-refractivity contribution in [2.45, 2.75) is 50.8 Å². The normalized spacial score (nSPS) is 18.8. The second kappa shape index (κ2) is 6.04. The van der Waals surface area contributed by atoms with E-state index >= 15 is 0 Å². The van der Waals surface area contributed by atoms with Gasteiger partial charge < -0.3 is 0 Å². The van der Waals surface area contributed by atoms with Crippen LogP contribution >= 0.6 is 15.9 Å². The van der Waals surface area contributed by atoms with Crippen LogP contribution in [0.25, 0.3) is 0 Å². The Kier molecular flexibility index (Phi) is 4.67. The van der Waals surface area contributed by atoms with Gasteiger partial charge in [0.1, 0.15) is 0 Å². The molecule has 1 unspecified atom stereocenters. The van der Waals surface area contributed by atoms with Crippen LogP contribution in [0.1, 0.15) is 55.5 Å². The van der Waals surface area contributed by atoms with Gasteiger partial charge in [-0.25, -0.2) is 0 Å². The van der Waals surface area contributed by atoms with Gasteiger partial charge in [-0.1, -0.05) is 66.9 Å². The van der Waals surface area contributed by atoms with Crippen molar-refractivity contribution >= 4 is 15.9 Å². The highest BCUT2D eigenvalue weighted by molar-refractivity contribution is 9.09. The van der Waals surface area contributed by atoms with Gasteiger partial charge in [-0.15, -0.1) is 0 Å². The van der Waals surface area contributed by atoms with Crippen LogP contribution in [0.2, 0.25) is 0 Å². The van der Waals surface area contributed by atoms with E-state index in [1.54, 1.807) is 0 Å². The molecule has 2 rings (SSSR count). The van der Waals surface area contributed by atoms with E-state index in [4.69, 9.17) is 0 Å². The zero-order chi connectivity index (χ0) is 12.3. The molecule has 0 aliphatic heterocycles. The van der Waals surface area contributed by atoms with Crippen LogP contribution in [-0.2, 0) is 6.42 Å². The molecule has 1 aliphatic rings. The van der Waals surface area contributed by atoms with Crippen molar-refractivity contribution in [3.05, 3.63) is 35.4 Å². The Morgan fingerprint density at radius 3 is 2.24 bits per heavy atom. The molecule has 94 valence electrons. The summed E-state index contributed by atoms with van der Waals surface area (Å²) in [4.78, 5) is 0.568. The molecule has 1 atom stereocenters. The zero-order valence-electron chi connectivity index (χ0n) is 11.0. The first kappa shape index (κ1) is 13.1. The zero-order valence-corrected chi connectivity index (χ0v) is 12.5. The van der Waals surface area contributed by atoms with Crippen molar-refractivity contribution in [3.63, 3.8) is 0 Å². The fraction of sp³-hybridized carbons (Fsp3) is 0.625. The van der Waals surface area contributed by atoms with E-state index < -0.39 is 0 Å². The van der Waals surface area contributed by atoms with Gasteiger partial charge in [0, 0.05) is 4.83 Å². The first-order valence-corrected chi connectivity index (χ1v) is 7.81. The third-order valence-corrected chi connectivity index (χ3v) is 5.03. The lowest BCUT2D eigenvalue weighted by molar-refractivity contribution is 0.541. The summed E-state index contributed by atoms with van der Waals surface area (Å²) in [5.74, 6) is 1.60. The minimum absolute atomic E-state index is 0.568. The highest BCUT2D eigenvalue weighted by Gasteiger charge is 2.23. The van der Waals surface area contributed by atoms with E-state index in [1.165, 1.54) is 43.2 Å². The average Bonchev–Trinajstić information content (AvgIpc) is 2.82. The number of rotatable bonds is 4. The molecule has 1 aromatic carbocycles. The van der Waals surface area contributed by atoms with E-state index in [-0.39, 0.29) is 0 Å². The molecular weight excluding hydrogens is 272 g/mol. The Hall–Kier alpha value is -0.300. The predicted octanol–water partition coefficient (Wildman–Crippen LogP) is 5.51. The minimum Gasteiger partial charge on any atom is -0.0836 e. The molecule has 1 fully saturated rings. The fourth-order valence-electron chi connectivity index (χ4n) is 2.83. The van der Waals surface area contributed by atoms with Crippen LogP contribution in [0, 0.1) is 11.8 Å². The molecule has 1 aliphatic carbocycles. The maximum atomic E-state index is 3.89. The van der Waals surface area contributed by atoms with Crippen molar-refractivity contribution in [3.8, 4) is 0 Å². The molecule has 0 spiro atoms. The smallest absolute Gasteiger partial charge is 0.0423 e. The van der Waals surface area contributed by atoms with Crippen molar-refractivity contribution in [1.82, 2.24) is 0 Å². The highest BCUT2D eigenvalue weighted by atomic mass is 79.9. The molecule has 0 bridgehead atoms. The van der Waals surface area contributed by atoms with Gasteiger partial charge in [0.2, 0.25) is 0 Å². The topological polar surface area (TPSA) is 0 Å². The summed E-state index contributed by atoms with van der Waals surface area (Å²) < 4.78 is 0. The SMILES string of the molecule is CC(C)Cc1ccc(C(Br)C2CCCC2)cc1. The predicted molar refractivity (Wildman–Crippen MR) is 78.6 cm³/mol. The number of halogens is 1. The fourth-order valence-corrected chi connectivity index (χ4v) is 3.67. The quantitative estimate of drug-likeness (QED) is 0.642. The summed E-state index contributed by atoms with van der Waals surface area (Å²) >= 11 is 3.89. The summed E-state index contributed by atoms with van der Waals surface area (Å²) in [5.41, 5.74) is 2.93. The van der Waals surface area contributed by atoms with E-state index in [2.05, 4.69) is 54.0 Å². The minimum atomic E-state index is 0.568. The lowest BCUT2D eigenvalue weighted by Crippen LogP contribution is -2.03. The molecule has 0 nitrogen and oxygen atoms in total. The van der Waals surface area contributed by atoms with Gasteiger partial charge in [0.15, 0.2) is 0 Å². The van der Waals surface area contributed by atoms with Gasteiger partial charge in [0.25, 0.3) is 0 Å². The van der Waals surface area contributed by atoms with Crippen LogP contribution in [0.4, 0.5) is 0 Å². The van der Waals surface area contributed by atoms with Crippen molar-refractivity contribution in [2.24, 2.45) is 11.8 Å². The van der Waals surface area contributed by atoms with E-state index in [9.17, 15) is 0 Å². The molecule has 0 amide bonds. The second-order valence-corrected chi connectivity index (χ2v) is 6.77. The standard InChI is InChI=1S/C16H23Br/c1-12(2)11-13-7-9-15(10-8-13)16(17)14-5-3-4-6-14/h7-10,12,14,16H,3-6,11H2,1-2H3. The largest absolute Gasteiger partial charge is 0.0836 e. The van der Waals surface area contributed by atoms with Gasteiger partial charge in [-0.3, -0.25) is 0 Å². The summed E-state index contributed by atoms with van der Waals surface area (Å²) in [6.07, 6.45) is 6.81. The monoisotopic (exact) mass is 294 g/mol. The molecule has 1 aromatic rings. The maximum absolute atomic E-state index is 3.89. The summed E-state index contributed by atoms with van der Waals surface area (Å²) in [5, 5.41) is 0. The van der Waals surface area contributed by atoms with E-state index in [1.807, 2.05) is 0 Å². The van der Waals surface area contributed by atoms with Gasteiger partial charge in [-0.05, 0) is 42.2 Å². The molecule has 1 saturated carbocycles. The van der Waals surface area contributed by atoms with Gasteiger partial charge in [-0.2, -0.15) is 0 Å². The molecule has 0 aromatic heterocycles. The van der Waals surface area contributed by atoms with Crippen molar-refractivity contribution < 1.29 is 0 Å². The molecule has 1 heteroatoms. The number of hydrogen-bond donors (Lipinski definition) is 0. The van der Waals surface area contributed by atoms with Gasteiger partial charge >= 0.3 is 0 Å². The van der Waals surface area contributed by atoms with E-state index in [0.29, 0.717) is 4.83 Å². The Morgan fingerprint density at radius 2 is 1.71 bits per heavy atom. The van der Waals surface area contributed by atoms with Crippen LogP contribution in [-0.4, -0.2) is 0 Å².